The summed E-state index contributed by atoms with van der Waals surface area (Å²) in [7, 11) is 1.51. The van der Waals surface area contributed by atoms with Crippen molar-refractivity contribution in [3.8, 4) is 0 Å². The zero-order chi connectivity index (χ0) is 12.3. The monoisotopic (exact) mass is 322 g/mol. The van der Waals surface area contributed by atoms with Crippen molar-refractivity contribution in [3.63, 3.8) is 0 Å². The van der Waals surface area contributed by atoms with Crippen LogP contribution in [0.15, 0.2) is 0 Å². The van der Waals surface area contributed by atoms with Gasteiger partial charge in [0.2, 0.25) is 5.91 Å². The predicted octanol–water partition coefficient (Wildman–Crippen LogP) is -1.15. The van der Waals surface area contributed by atoms with Crippen LogP contribution in [0.5, 0.6) is 0 Å². The fraction of sp³-hybridized carbons (Fsp3) is 0.900. The van der Waals surface area contributed by atoms with Gasteiger partial charge in [-0.3, -0.25) is 4.79 Å². The van der Waals surface area contributed by atoms with E-state index in [1.807, 2.05) is 6.92 Å². The second-order valence-corrected chi connectivity index (χ2v) is 4.03. The first-order chi connectivity index (χ1) is 7.51. The van der Waals surface area contributed by atoms with Crippen LogP contribution in [0.2, 0.25) is 0 Å². The van der Waals surface area contributed by atoms with E-state index < -0.39 is 18.4 Å². The Morgan fingerprint density at radius 2 is 2.12 bits per heavy atom. The Hall–Kier alpha value is 0.414. The number of ether oxygens (including phenoxy) is 2. The molecule has 5 atom stereocenters. The van der Waals surface area contributed by atoms with Gasteiger partial charge < -0.3 is 25.0 Å². The number of aliphatic hydroxyl groups is 2. The maximum absolute atomic E-state index is 11.0. The van der Waals surface area contributed by atoms with Gasteiger partial charge >= 0.3 is 0 Å². The molecule has 0 spiro atoms. The third-order valence-corrected chi connectivity index (χ3v) is 2.89. The molecular formula is C10H19NO5Y. The van der Waals surface area contributed by atoms with Gasteiger partial charge in [-0.05, 0) is 0 Å². The number of hydrogen-bond acceptors (Lipinski definition) is 5. The maximum Gasteiger partial charge on any atom is 0.217 e. The number of methoxy groups -OCH3 is 1. The van der Waals surface area contributed by atoms with Crippen LogP contribution in [-0.4, -0.2) is 54.4 Å². The van der Waals surface area contributed by atoms with Crippen LogP contribution in [0.3, 0.4) is 0 Å². The summed E-state index contributed by atoms with van der Waals surface area (Å²) >= 11 is 0. The SMILES string of the molecule is COC1C(CO)OC(O)C(NC(C)=O)C1C.[Y]. The van der Waals surface area contributed by atoms with Crippen LogP contribution in [0.4, 0.5) is 0 Å². The minimum atomic E-state index is -1.12. The number of hydrogen-bond donors (Lipinski definition) is 3. The Morgan fingerprint density at radius 1 is 1.53 bits per heavy atom. The molecule has 1 heterocycles. The Kier molecular flexibility index (Phi) is 7.95. The van der Waals surface area contributed by atoms with Crippen molar-refractivity contribution >= 4 is 5.91 Å². The maximum atomic E-state index is 11.0. The summed E-state index contributed by atoms with van der Waals surface area (Å²) < 4.78 is 10.4. The topological polar surface area (TPSA) is 88.0 Å². The largest absolute Gasteiger partial charge is 0.394 e. The molecular weight excluding hydrogens is 303 g/mol. The Balaban J connectivity index is 0.00000256. The average Bonchev–Trinajstić information content (AvgIpc) is 2.23. The van der Waals surface area contributed by atoms with E-state index in [0.29, 0.717) is 0 Å². The molecule has 0 aromatic carbocycles. The van der Waals surface area contributed by atoms with Crippen molar-refractivity contribution in [3.05, 3.63) is 0 Å². The molecule has 1 fully saturated rings. The zero-order valence-corrected chi connectivity index (χ0v) is 13.1. The summed E-state index contributed by atoms with van der Waals surface area (Å²) in [5.41, 5.74) is 0. The molecule has 0 bridgehead atoms. The second-order valence-electron chi connectivity index (χ2n) is 4.03. The number of rotatable bonds is 3. The van der Waals surface area contributed by atoms with Gasteiger partial charge in [0.15, 0.2) is 6.29 Å². The molecule has 0 saturated carbocycles. The molecule has 0 aromatic rings. The molecule has 1 radical (unpaired) electrons. The Bertz CT molecular complexity index is 253. The van der Waals surface area contributed by atoms with E-state index in [0.717, 1.165) is 0 Å². The standard InChI is InChI=1S/C10H19NO5.Y/c1-5-8(11-6(2)13)10(14)16-7(4-12)9(5)15-3;/h5,7-10,12,14H,4H2,1-3H3,(H,11,13);. The number of carbonyl (C=O) groups is 1. The number of carbonyl (C=O) groups excluding carboxylic acids is 1. The van der Waals surface area contributed by atoms with Crippen LogP contribution in [0.25, 0.3) is 0 Å². The third-order valence-electron chi connectivity index (χ3n) is 2.89. The summed E-state index contributed by atoms with van der Waals surface area (Å²) in [6, 6.07) is -0.523. The molecule has 1 aliphatic rings. The van der Waals surface area contributed by atoms with E-state index in [4.69, 9.17) is 14.6 Å². The fourth-order valence-electron chi connectivity index (χ4n) is 2.09. The van der Waals surface area contributed by atoms with Crippen molar-refractivity contribution in [1.82, 2.24) is 5.32 Å². The van der Waals surface area contributed by atoms with Crippen molar-refractivity contribution < 1.29 is 57.2 Å². The number of aliphatic hydroxyl groups excluding tert-OH is 2. The molecule has 1 saturated heterocycles. The minimum absolute atomic E-state index is 0. The molecule has 0 aromatic heterocycles. The van der Waals surface area contributed by atoms with Crippen LogP contribution < -0.4 is 5.32 Å². The van der Waals surface area contributed by atoms with Gasteiger partial charge in [-0.25, -0.2) is 0 Å². The molecule has 1 aliphatic heterocycles. The molecule has 17 heavy (non-hydrogen) atoms. The van der Waals surface area contributed by atoms with E-state index in [1.54, 1.807) is 0 Å². The molecule has 1 rings (SSSR count). The van der Waals surface area contributed by atoms with Gasteiger partial charge in [0, 0.05) is 52.7 Å². The minimum Gasteiger partial charge on any atom is -0.394 e. The van der Waals surface area contributed by atoms with E-state index in [2.05, 4.69) is 5.32 Å². The van der Waals surface area contributed by atoms with Gasteiger partial charge in [-0.2, -0.15) is 0 Å². The Labute approximate surface area is 126 Å². The van der Waals surface area contributed by atoms with E-state index in [-0.39, 0.29) is 57.2 Å². The van der Waals surface area contributed by atoms with Crippen molar-refractivity contribution in [1.29, 1.82) is 0 Å². The molecule has 3 N–H and O–H groups in total. The first-order valence-electron chi connectivity index (χ1n) is 5.25. The summed E-state index contributed by atoms with van der Waals surface area (Å²) in [5, 5.41) is 21.4. The van der Waals surface area contributed by atoms with E-state index in [1.165, 1.54) is 14.0 Å². The third kappa shape index (κ3) is 4.22. The molecule has 5 unspecified atom stereocenters. The normalized spacial score (nSPS) is 37.1. The summed E-state index contributed by atoms with van der Waals surface area (Å²) in [6.07, 6.45) is -2.05. The molecule has 1 amide bonds. The van der Waals surface area contributed by atoms with E-state index in [9.17, 15) is 9.90 Å². The summed E-state index contributed by atoms with van der Waals surface area (Å²) in [5.74, 6) is -0.383. The average molecular weight is 322 g/mol. The van der Waals surface area contributed by atoms with Gasteiger partial charge in [0.25, 0.3) is 0 Å². The fourth-order valence-corrected chi connectivity index (χ4v) is 2.09. The number of nitrogens with one attached hydrogen (secondary N) is 1. The summed E-state index contributed by atoms with van der Waals surface area (Å²) in [6.45, 7) is 2.98. The quantitative estimate of drug-likeness (QED) is 0.611. The van der Waals surface area contributed by atoms with Crippen LogP contribution in [0, 0.1) is 5.92 Å². The predicted molar refractivity (Wildman–Crippen MR) is 55.5 cm³/mol. The molecule has 0 aliphatic carbocycles. The molecule has 97 valence electrons. The van der Waals surface area contributed by atoms with Gasteiger partial charge in [-0.15, -0.1) is 0 Å². The summed E-state index contributed by atoms with van der Waals surface area (Å²) in [4.78, 5) is 11.0. The first kappa shape index (κ1) is 17.4. The van der Waals surface area contributed by atoms with Crippen LogP contribution >= 0.6 is 0 Å². The van der Waals surface area contributed by atoms with Crippen molar-refractivity contribution in [2.24, 2.45) is 5.92 Å². The van der Waals surface area contributed by atoms with Crippen molar-refractivity contribution in [2.45, 2.75) is 38.4 Å². The van der Waals surface area contributed by atoms with Crippen LogP contribution in [0.1, 0.15) is 13.8 Å². The van der Waals surface area contributed by atoms with Gasteiger partial charge in [0.05, 0.1) is 18.8 Å². The second kappa shape index (κ2) is 7.76. The van der Waals surface area contributed by atoms with Crippen LogP contribution in [-0.2, 0) is 47.0 Å². The van der Waals surface area contributed by atoms with Gasteiger partial charge in [-0.1, -0.05) is 6.92 Å². The Morgan fingerprint density at radius 3 is 2.53 bits per heavy atom. The molecule has 6 nitrogen and oxygen atoms in total. The van der Waals surface area contributed by atoms with Crippen molar-refractivity contribution in [2.75, 3.05) is 13.7 Å². The first-order valence-corrected chi connectivity index (χ1v) is 5.25. The smallest absolute Gasteiger partial charge is 0.217 e. The number of amides is 1. The van der Waals surface area contributed by atoms with E-state index >= 15 is 0 Å². The van der Waals surface area contributed by atoms with Gasteiger partial charge in [0.1, 0.15) is 6.10 Å². The molecule has 7 heteroatoms. The zero-order valence-electron chi connectivity index (χ0n) is 10.3.